The fourth-order valence-electron chi connectivity index (χ4n) is 4.39. The van der Waals surface area contributed by atoms with Crippen LogP contribution < -0.4 is 4.74 Å². The molecule has 11 heteroatoms. The first-order valence-corrected chi connectivity index (χ1v) is 13.7. The summed E-state index contributed by atoms with van der Waals surface area (Å²) >= 11 is 6.25. The minimum atomic E-state index is -3.75. The van der Waals surface area contributed by atoms with Crippen molar-refractivity contribution in [3.8, 4) is 11.8 Å². The standard InChI is InChI=1S/C26H30ClN5O4S/c1-19-25(26(27)30(2)29-19)37(33,34)32-13-11-31(12-14-32)17-24(22-5-4-6-23(15-22)35-3)36-18-21-9-7-20(16-28)8-10-21/h4-10,15,24H,11-14,17-18H2,1-3H3. The number of hydrogen-bond acceptors (Lipinski definition) is 7. The zero-order valence-corrected chi connectivity index (χ0v) is 22.7. The number of aromatic nitrogens is 2. The highest BCUT2D eigenvalue weighted by Gasteiger charge is 2.34. The van der Waals surface area contributed by atoms with E-state index in [9.17, 15) is 8.42 Å². The van der Waals surface area contributed by atoms with Crippen LogP contribution >= 0.6 is 11.6 Å². The molecule has 0 amide bonds. The van der Waals surface area contributed by atoms with Crippen LogP contribution in [-0.2, 0) is 28.4 Å². The van der Waals surface area contributed by atoms with Crippen molar-refractivity contribution in [1.29, 1.82) is 5.26 Å². The van der Waals surface area contributed by atoms with E-state index in [1.165, 1.54) is 8.99 Å². The van der Waals surface area contributed by atoms with E-state index in [1.54, 1.807) is 33.2 Å². The molecular weight excluding hydrogens is 514 g/mol. The Morgan fingerprint density at radius 3 is 2.43 bits per heavy atom. The molecule has 1 fully saturated rings. The number of nitrogens with zero attached hydrogens (tertiary/aromatic N) is 5. The van der Waals surface area contributed by atoms with E-state index >= 15 is 0 Å². The highest BCUT2D eigenvalue weighted by Crippen LogP contribution is 2.29. The molecular formula is C26H30ClN5O4S. The summed E-state index contributed by atoms with van der Waals surface area (Å²) in [6, 6.07) is 17.2. The Bertz CT molecular complexity index is 1380. The van der Waals surface area contributed by atoms with Crippen molar-refractivity contribution in [3.63, 3.8) is 0 Å². The molecule has 0 saturated carbocycles. The second-order valence-electron chi connectivity index (χ2n) is 8.92. The van der Waals surface area contributed by atoms with Crippen LogP contribution in [0.15, 0.2) is 53.4 Å². The molecule has 1 atom stereocenters. The van der Waals surface area contributed by atoms with E-state index in [2.05, 4.69) is 16.1 Å². The molecule has 3 aromatic rings. The first kappa shape index (κ1) is 27.1. The van der Waals surface area contributed by atoms with Crippen LogP contribution in [-0.4, -0.2) is 67.2 Å². The lowest BCUT2D eigenvalue weighted by molar-refractivity contribution is 0.00763. The summed E-state index contributed by atoms with van der Waals surface area (Å²) in [6.45, 7) is 4.40. The van der Waals surface area contributed by atoms with Gasteiger partial charge in [-0.2, -0.15) is 14.7 Å². The highest BCUT2D eigenvalue weighted by atomic mass is 35.5. The number of rotatable bonds is 9. The summed E-state index contributed by atoms with van der Waals surface area (Å²) in [4.78, 5) is 2.28. The lowest BCUT2D eigenvalue weighted by Crippen LogP contribution is -2.49. The maximum atomic E-state index is 13.3. The largest absolute Gasteiger partial charge is 0.497 e. The lowest BCUT2D eigenvalue weighted by atomic mass is 10.1. The first-order chi connectivity index (χ1) is 17.7. The van der Waals surface area contributed by atoms with Crippen LogP contribution in [0.25, 0.3) is 0 Å². The van der Waals surface area contributed by atoms with Gasteiger partial charge >= 0.3 is 0 Å². The Hall–Kier alpha value is -2.94. The summed E-state index contributed by atoms with van der Waals surface area (Å²) in [5.74, 6) is 0.740. The number of ether oxygens (including phenoxy) is 2. The fraction of sp³-hybridized carbons (Fsp3) is 0.385. The number of hydrogen-bond donors (Lipinski definition) is 0. The molecule has 9 nitrogen and oxygen atoms in total. The van der Waals surface area contributed by atoms with E-state index in [0.717, 1.165) is 16.9 Å². The highest BCUT2D eigenvalue weighted by molar-refractivity contribution is 7.89. The molecule has 1 aliphatic heterocycles. The summed E-state index contributed by atoms with van der Waals surface area (Å²) < 4.78 is 41.2. The Morgan fingerprint density at radius 1 is 1.14 bits per heavy atom. The molecule has 0 N–H and O–H groups in total. The SMILES string of the molecule is COc1cccc(C(CN2CCN(S(=O)(=O)c3c(C)nn(C)c3Cl)CC2)OCc2ccc(C#N)cc2)c1. The molecule has 2 heterocycles. The molecule has 196 valence electrons. The molecule has 4 rings (SSSR count). The quantitative estimate of drug-likeness (QED) is 0.407. The van der Waals surface area contributed by atoms with E-state index in [0.29, 0.717) is 50.6 Å². The number of nitriles is 1. The van der Waals surface area contributed by atoms with Crippen LogP contribution in [0.3, 0.4) is 0 Å². The molecule has 1 aromatic heterocycles. The van der Waals surface area contributed by atoms with Gasteiger partial charge < -0.3 is 9.47 Å². The van der Waals surface area contributed by atoms with Gasteiger partial charge in [-0.1, -0.05) is 35.9 Å². The third-order valence-electron chi connectivity index (χ3n) is 6.45. The second-order valence-corrected chi connectivity index (χ2v) is 11.2. The van der Waals surface area contributed by atoms with Crippen molar-refractivity contribution in [2.45, 2.75) is 24.5 Å². The van der Waals surface area contributed by atoms with E-state index in [-0.39, 0.29) is 16.2 Å². The zero-order valence-electron chi connectivity index (χ0n) is 21.1. The van der Waals surface area contributed by atoms with Crippen molar-refractivity contribution >= 4 is 21.6 Å². The molecule has 0 radical (unpaired) electrons. The minimum Gasteiger partial charge on any atom is -0.497 e. The van der Waals surface area contributed by atoms with E-state index in [4.69, 9.17) is 26.3 Å². The predicted octanol–water partition coefficient (Wildman–Crippen LogP) is 3.53. The molecule has 0 spiro atoms. The van der Waals surface area contributed by atoms with Gasteiger partial charge in [0.1, 0.15) is 15.8 Å². The fourth-order valence-corrected chi connectivity index (χ4v) is 6.52. The van der Waals surface area contributed by atoms with Crippen molar-refractivity contribution < 1.29 is 17.9 Å². The molecule has 1 saturated heterocycles. The summed E-state index contributed by atoms with van der Waals surface area (Å²) in [7, 11) is -0.492. The summed E-state index contributed by atoms with van der Waals surface area (Å²) in [5, 5.41) is 13.3. The topological polar surface area (TPSA) is 101 Å². The van der Waals surface area contributed by atoms with Gasteiger partial charge in [0.05, 0.1) is 37.1 Å². The number of aryl methyl sites for hydroxylation is 2. The van der Waals surface area contributed by atoms with Gasteiger partial charge in [0.2, 0.25) is 10.0 Å². The predicted molar refractivity (Wildman–Crippen MR) is 140 cm³/mol. The lowest BCUT2D eigenvalue weighted by Gasteiger charge is -2.35. The Kier molecular flexibility index (Phi) is 8.52. The number of piperazine rings is 1. The van der Waals surface area contributed by atoms with Crippen molar-refractivity contribution in [3.05, 3.63) is 76.1 Å². The molecule has 0 aliphatic carbocycles. The van der Waals surface area contributed by atoms with Gasteiger partial charge in [-0.15, -0.1) is 0 Å². The molecule has 1 aliphatic rings. The average molecular weight is 544 g/mol. The minimum absolute atomic E-state index is 0.0742. The van der Waals surface area contributed by atoms with Gasteiger partial charge in [0.15, 0.2) is 0 Å². The Balaban J connectivity index is 1.45. The molecule has 2 aromatic carbocycles. The Labute approximate surface area is 222 Å². The van der Waals surface area contributed by atoms with Crippen molar-refractivity contribution in [2.75, 3.05) is 39.8 Å². The Morgan fingerprint density at radius 2 is 1.84 bits per heavy atom. The third-order valence-corrected chi connectivity index (χ3v) is 9.05. The molecule has 37 heavy (non-hydrogen) atoms. The second kappa shape index (κ2) is 11.6. The van der Waals surface area contributed by atoms with Crippen LogP contribution in [0.5, 0.6) is 5.75 Å². The van der Waals surface area contributed by atoms with Crippen LogP contribution in [0, 0.1) is 18.3 Å². The van der Waals surface area contributed by atoms with Gasteiger partial charge in [0, 0.05) is 39.8 Å². The van der Waals surface area contributed by atoms with E-state index < -0.39 is 10.0 Å². The summed E-state index contributed by atoms with van der Waals surface area (Å²) in [5.41, 5.74) is 2.93. The number of halogens is 1. The monoisotopic (exact) mass is 543 g/mol. The first-order valence-electron chi connectivity index (χ1n) is 11.9. The van der Waals surface area contributed by atoms with Gasteiger partial charge in [-0.05, 0) is 42.3 Å². The van der Waals surface area contributed by atoms with Crippen LogP contribution in [0.2, 0.25) is 5.15 Å². The average Bonchev–Trinajstić information content (AvgIpc) is 3.18. The maximum absolute atomic E-state index is 13.3. The number of sulfonamides is 1. The van der Waals surface area contributed by atoms with Crippen LogP contribution in [0.1, 0.15) is 28.5 Å². The van der Waals surface area contributed by atoms with Crippen molar-refractivity contribution in [1.82, 2.24) is 19.0 Å². The summed E-state index contributed by atoms with van der Waals surface area (Å²) in [6.07, 6.45) is -0.260. The number of benzene rings is 2. The van der Waals surface area contributed by atoms with Crippen molar-refractivity contribution in [2.24, 2.45) is 7.05 Å². The zero-order chi connectivity index (χ0) is 26.6. The van der Waals surface area contributed by atoms with Gasteiger partial charge in [-0.3, -0.25) is 9.58 Å². The van der Waals surface area contributed by atoms with E-state index in [1.807, 2.05) is 36.4 Å². The van der Waals surface area contributed by atoms with Crippen LogP contribution in [0.4, 0.5) is 0 Å². The molecule has 0 bridgehead atoms. The number of methoxy groups -OCH3 is 1. The third kappa shape index (κ3) is 6.14. The van der Waals surface area contributed by atoms with Gasteiger partial charge in [-0.25, -0.2) is 8.42 Å². The normalized spacial score (nSPS) is 15.9. The smallest absolute Gasteiger partial charge is 0.248 e. The van der Waals surface area contributed by atoms with Gasteiger partial charge in [0.25, 0.3) is 0 Å². The molecule has 1 unspecified atom stereocenters. The maximum Gasteiger partial charge on any atom is 0.248 e.